The monoisotopic (exact) mass is 309 g/mol. The number of benzene rings is 1. The molecule has 3 heterocycles. The molecule has 1 aliphatic rings. The second-order valence-electron chi connectivity index (χ2n) is 5.72. The van der Waals surface area contributed by atoms with Crippen LogP contribution in [0.4, 0.5) is 5.82 Å². The predicted octanol–water partition coefficient (Wildman–Crippen LogP) is 4.52. The summed E-state index contributed by atoms with van der Waals surface area (Å²) in [6.07, 6.45) is 3.58. The van der Waals surface area contributed by atoms with Gasteiger partial charge in [-0.1, -0.05) is 37.3 Å². The number of rotatable bonds is 3. The van der Waals surface area contributed by atoms with Gasteiger partial charge in [-0.05, 0) is 25.3 Å². The lowest BCUT2D eigenvalue weighted by atomic mass is 10.2. The summed E-state index contributed by atoms with van der Waals surface area (Å²) in [5.41, 5.74) is 1.09. The minimum Gasteiger partial charge on any atom is -0.356 e. The quantitative estimate of drug-likeness (QED) is 0.712. The Labute approximate surface area is 134 Å². The predicted molar refractivity (Wildman–Crippen MR) is 93.7 cm³/mol. The summed E-state index contributed by atoms with van der Waals surface area (Å²) in [6.45, 7) is 4.42. The molecule has 1 saturated heterocycles. The SMILES string of the molecule is CCc1cc2c(N3CCCC3)nc(-c3ccccc3)nc2s1. The second kappa shape index (κ2) is 5.69. The molecule has 3 aromatic rings. The molecule has 0 aliphatic carbocycles. The van der Waals surface area contributed by atoms with Gasteiger partial charge in [0.05, 0.1) is 5.39 Å². The molecule has 112 valence electrons. The Morgan fingerprint density at radius 1 is 1.09 bits per heavy atom. The van der Waals surface area contributed by atoms with Crippen molar-refractivity contribution in [2.75, 3.05) is 18.0 Å². The summed E-state index contributed by atoms with van der Waals surface area (Å²) >= 11 is 1.80. The van der Waals surface area contributed by atoms with Crippen molar-refractivity contribution in [3.8, 4) is 11.4 Å². The van der Waals surface area contributed by atoms with Crippen molar-refractivity contribution in [2.24, 2.45) is 0 Å². The van der Waals surface area contributed by atoms with Gasteiger partial charge in [-0.15, -0.1) is 11.3 Å². The fourth-order valence-corrected chi connectivity index (χ4v) is 3.98. The van der Waals surface area contributed by atoms with Crippen LogP contribution in [0.5, 0.6) is 0 Å². The summed E-state index contributed by atoms with van der Waals surface area (Å²) in [5, 5.41) is 1.23. The van der Waals surface area contributed by atoms with Gasteiger partial charge in [0.15, 0.2) is 5.82 Å². The lowest BCUT2D eigenvalue weighted by molar-refractivity contribution is 0.942. The molecule has 4 rings (SSSR count). The van der Waals surface area contributed by atoms with Crippen molar-refractivity contribution in [3.63, 3.8) is 0 Å². The van der Waals surface area contributed by atoms with Crippen molar-refractivity contribution in [2.45, 2.75) is 26.2 Å². The first-order valence-corrected chi connectivity index (χ1v) is 8.77. The van der Waals surface area contributed by atoms with Gasteiger partial charge in [-0.25, -0.2) is 9.97 Å². The molecule has 1 aromatic carbocycles. The summed E-state index contributed by atoms with van der Waals surface area (Å²) in [4.78, 5) is 14.7. The second-order valence-corrected chi connectivity index (χ2v) is 6.83. The number of hydrogen-bond donors (Lipinski definition) is 0. The average molecular weight is 309 g/mol. The number of hydrogen-bond acceptors (Lipinski definition) is 4. The molecular weight excluding hydrogens is 290 g/mol. The van der Waals surface area contributed by atoms with E-state index >= 15 is 0 Å². The van der Waals surface area contributed by atoms with Crippen molar-refractivity contribution in [1.82, 2.24) is 9.97 Å². The molecule has 0 spiro atoms. The molecule has 1 aliphatic heterocycles. The molecule has 0 radical (unpaired) electrons. The third-order valence-corrected chi connectivity index (χ3v) is 5.38. The topological polar surface area (TPSA) is 29.0 Å². The number of thiophene rings is 1. The molecular formula is C18H19N3S. The van der Waals surface area contributed by atoms with Crippen LogP contribution in [-0.2, 0) is 6.42 Å². The van der Waals surface area contributed by atoms with Crippen molar-refractivity contribution < 1.29 is 0 Å². The molecule has 0 atom stereocenters. The summed E-state index contributed by atoms with van der Waals surface area (Å²) in [5.74, 6) is 1.97. The summed E-state index contributed by atoms with van der Waals surface area (Å²) < 4.78 is 0. The highest BCUT2D eigenvalue weighted by Crippen LogP contribution is 2.34. The number of anilines is 1. The average Bonchev–Trinajstić information content (AvgIpc) is 3.23. The Hall–Kier alpha value is -1.94. The van der Waals surface area contributed by atoms with E-state index in [1.807, 2.05) is 18.2 Å². The zero-order valence-electron chi connectivity index (χ0n) is 12.7. The molecule has 0 unspecified atom stereocenters. The maximum Gasteiger partial charge on any atom is 0.163 e. The van der Waals surface area contributed by atoms with E-state index in [0.717, 1.165) is 41.5 Å². The van der Waals surface area contributed by atoms with Crippen LogP contribution in [0, 0.1) is 0 Å². The first kappa shape index (κ1) is 13.7. The van der Waals surface area contributed by atoms with Gasteiger partial charge in [0.2, 0.25) is 0 Å². The van der Waals surface area contributed by atoms with Gasteiger partial charge in [0.1, 0.15) is 10.6 Å². The third-order valence-electron chi connectivity index (χ3n) is 4.21. The van der Waals surface area contributed by atoms with Gasteiger partial charge < -0.3 is 4.90 Å². The molecule has 2 aromatic heterocycles. The van der Waals surface area contributed by atoms with Crippen LogP contribution in [0.2, 0.25) is 0 Å². The van der Waals surface area contributed by atoms with Gasteiger partial charge in [0.25, 0.3) is 0 Å². The molecule has 0 bridgehead atoms. The van der Waals surface area contributed by atoms with E-state index in [4.69, 9.17) is 9.97 Å². The van der Waals surface area contributed by atoms with E-state index in [1.54, 1.807) is 11.3 Å². The van der Waals surface area contributed by atoms with E-state index in [1.165, 1.54) is 23.1 Å². The molecule has 0 saturated carbocycles. The lowest BCUT2D eigenvalue weighted by Crippen LogP contribution is -2.19. The highest BCUT2D eigenvalue weighted by Gasteiger charge is 2.20. The van der Waals surface area contributed by atoms with Crippen LogP contribution in [0.1, 0.15) is 24.6 Å². The van der Waals surface area contributed by atoms with Crippen LogP contribution < -0.4 is 4.90 Å². The first-order chi connectivity index (χ1) is 10.8. The normalized spacial score (nSPS) is 14.9. The smallest absolute Gasteiger partial charge is 0.163 e. The van der Waals surface area contributed by atoms with E-state index < -0.39 is 0 Å². The number of aryl methyl sites for hydroxylation is 1. The maximum absolute atomic E-state index is 4.92. The summed E-state index contributed by atoms with van der Waals surface area (Å²) in [6, 6.07) is 12.6. The Morgan fingerprint density at radius 3 is 2.59 bits per heavy atom. The third kappa shape index (κ3) is 2.37. The Balaban J connectivity index is 1.91. The number of nitrogens with zero attached hydrogens (tertiary/aromatic N) is 3. The molecule has 0 amide bonds. The van der Waals surface area contributed by atoms with Crippen LogP contribution in [0.25, 0.3) is 21.6 Å². The van der Waals surface area contributed by atoms with E-state index in [9.17, 15) is 0 Å². The van der Waals surface area contributed by atoms with Crippen LogP contribution in [0.3, 0.4) is 0 Å². The van der Waals surface area contributed by atoms with Gasteiger partial charge in [-0.3, -0.25) is 0 Å². The van der Waals surface area contributed by atoms with E-state index in [-0.39, 0.29) is 0 Å². The lowest BCUT2D eigenvalue weighted by Gasteiger charge is -2.18. The van der Waals surface area contributed by atoms with Gasteiger partial charge in [0, 0.05) is 23.5 Å². The van der Waals surface area contributed by atoms with Crippen molar-refractivity contribution >= 4 is 27.4 Å². The number of aromatic nitrogens is 2. The number of fused-ring (bicyclic) bond motifs is 1. The highest BCUT2D eigenvalue weighted by atomic mass is 32.1. The molecule has 4 heteroatoms. The minimum atomic E-state index is 0.847. The fourth-order valence-electron chi connectivity index (χ4n) is 3.02. The zero-order chi connectivity index (χ0) is 14.9. The molecule has 1 fully saturated rings. The zero-order valence-corrected chi connectivity index (χ0v) is 13.6. The van der Waals surface area contributed by atoms with E-state index in [2.05, 4.69) is 30.0 Å². The fraction of sp³-hybridized carbons (Fsp3) is 0.333. The minimum absolute atomic E-state index is 0.847. The van der Waals surface area contributed by atoms with E-state index in [0.29, 0.717) is 0 Å². The Kier molecular flexibility index (Phi) is 3.54. The molecule has 0 N–H and O–H groups in total. The maximum atomic E-state index is 4.92. The standard InChI is InChI=1S/C18H19N3S/c1-2-14-12-15-17(21-10-6-7-11-21)19-16(20-18(15)22-14)13-8-4-3-5-9-13/h3-5,8-9,12H,2,6-7,10-11H2,1H3. The van der Waals surface area contributed by atoms with Crippen molar-refractivity contribution in [3.05, 3.63) is 41.3 Å². The summed E-state index contributed by atoms with van der Waals surface area (Å²) in [7, 11) is 0. The van der Waals surface area contributed by atoms with Gasteiger partial charge >= 0.3 is 0 Å². The Bertz CT molecular complexity index is 789. The van der Waals surface area contributed by atoms with Crippen LogP contribution >= 0.6 is 11.3 Å². The molecule has 22 heavy (non-hydrogen) atoms. The molecule has 3 nitrogen and oxygen atoms in total. The van der Waals surface area contributed by atoms with Crippen LogP contribution in [0.15, 0.2) is 36.4 Å². The largest absolute Gasteiger partial charge is 0.356 e. The van der Waals surface area contributed by atoms with Crippen LogP contribution in [-0.4, -0.2) is 23.1 Å². The van der Waals surface area contributed by atoms with Crippen molar-refractivity contribution in [1.29, 1.82) is 0 Å². The van der Waals surface area contributed by atoms with Gasteiger partial charge in [-0.2, -0.15) is 0 Å². The first-order valence-electron chi connectivity index (χ1n) is 7.96. The Morgan fingerprint density at radius 2 is 1.86 bits per heavy atom. The highest BCUT2D eigenvalue weighted by molar-refractivity contribution is 7.18.